The second kappa shape index (κ2) is 5.50. The van der Waals surface area contributed by atoms with Crippen LogP contribution in [0.1, 0.15) is 26.7 Å². The first-order chi connectivity index (χ1) is 9.27. The maximum Gasteiger partial charge on any atom is 0.234 e. The maximum atomic E-state index is 11.9. The zero-order chi connectivity index (χ0) is 14.9. The van der Waals surface area contributed by atoms with Crippen LogP contribution in [0, 0.1) is 5.41 Å². The lowest BCUT2D eigenvalue weighted by Gasteiger charge is -2.14. The quantitative estimate of drug-likeness (QED) is 0.866. The van der Waals surface area contributed by atoms with Gasteiger partial charge in [0, 0.05) is 11.6 Å². The third kappa shape index (κ3) is 3.35. The number of carbonyl (C=O) groups excluding carboxylic acids is 1. The normalized spacial score (nSPS) is 11.7. The predicted octanol–water partition coefficient (Wildman–Crippen LogP) is 3.60. The van der Waals surface area contributed by atoms with Crippen LogP contribution >= 0.6 is 23.2 Å². The average molecular weight is 314 g/mol. The van der Waals surface area contributed by atoms with Gasteiger partial charge in [0.15, 0.2) is 0 Å². The van der Waals surface area contributed by atoms with Crippen molar-refractivity contribution in [3.05, 3.63) is 28.2 Å². The summed E-state index contributed by atoms with van der Waals surface area (Å²) in [6, 6.07) is 1.54. The second-order valence-corrected chi connectivity index (χ2v) is 6.19. The van der Waals surface area contributed by atoms with Gasteiger partial charge in [-0.3, -0.25) is 4.79 Å². The molecule has 0 aliphatic carbocycles. The molecule has 0 spiro atoms. The molecule has 0 saturated heterocycles. The average Bonchev–Trinajstić information content (AvgIpc) is 2.76. The van der Waals surface area contributed by atoms with Crippen LogP contribution in [0.2, 0.25) is 10.0 Å². The molecule has 7 heteroatoms. The molecule has 0 radical (unpaired) electrons. The molecule has 0 aliphatic heterocycles. The number of hydrogen-bond acceptors (Lipinski definition) is 5. The van der Waals surface area contributed by atoms with E-state index in [0.717, 1.165) is 0 Å². The molecule has 0 aromatic carbocycles. The highest BCUT2D eigenvalue weighted by atomic mass is 35.5. The lowest BCUT2D eigenvalue weighted by molar-refractivity contribution is -0.125. The minimum absolute atomic E-state index is 0.0165. The molecule has 2 rings (SSSR count). The number of ketones is 1. The van der Waals surface area contributed by atoms with Gasteiger partial charge in [-0.15, -0.1) is 0 Å². The van der Waals surface area contributed by atoms with E-state index in [1.807, 2.05) is 20.8 Å². The number of pyridine rings is 1. The summed E-state index contributed by atoms with van der Waals surface area (Å²) in [5.74, 6) is 0.499. The summed E-state index contributed by atoms with van der Waals surface area (Å²) in [4.78, 5) is 20.1. The van der Waals surface area contributed by atoms with Gasteiger partial charge < -0.3 is 4.52 Å². The number of rotatable bonds is 3. The fraction of sp³-hybridized carbons (Fsp3) is 0.385. The highest BCUT2D eigenvalue weighted by Crippen LogP contribution is 2.26. The van der Waals surface area contributed by atoms with Gasteiger partial charge in [0.1, 0.15) is 11.5 Å². The minimum Gasteiger partial charge on any atom is -0.338 e. The van der Waals surface area contributed by atoms with E-state index in [0.29, 0.717) is 15.7 Å². The largest absolute Gasteiger partial charge is 0.338 e. The van der Waals surface area contributed by atoms with E-state index in [9.17, 15) is 4.79 Å². The number of halogens is 2. The molecule has 0 N–H and O–H groups in total. The van der Waals surface area contributed by atoms with Crippen LogP contribution in [0.15, 0.2) is 16.8 Å². The number of carbonyl (C=O) groups is 1. The SMILES string of the molecule is CC(C)(C)C(=O)Cc1nc(-c2ncc(Cl)cc2Cl)no1. The van der Waals surface area contributed by atoms with E-state index in [1.165, 1.54) is 6.20 Å². The lowest BCUT2D eigenvalue weighted by Crippen LogP contribution is -2.22. The molecule has 0 aliphatic rings. The smallest absolute Gasteiger partial charge is 0.234 e. The Hall–Kier alpha value is -1.46. The third-order valence-electron chi connectivity index (χ3n) is 2.64. The van der Waals surface area contributed by atoms with Gasteiger partial charge in [0.2, 0.25) is 11.7 Å². The highest BCUT2D eigenvalue weighted by molar-refractivity contribution is 6.35. The third-order valence-corrected chi connectivity index (χ3v) is 3.13. The van der Waals surface area contributed by atoms with Crippen molar-refractivity contribution in [1.29, 1.82) is 0 Å². The predicted molar refractivity (Wildman–Crippen MR) is 75.7 cm³/mol. The fourth-order valence-electron chi connectivity index (χ4n) is 1.40. The van der Waals surface area contributed by atoms with Gasteiger partial charge in [-0.25, -0.2) is 4.98 Å². The summed E-state index contributed by atoms with van der Waals surface area (Å²) in [6.45, 7) is 5.51. The Morgan fingerprint density at radius 2 is 2.05 bits per heavy atom. The zero-order valence-corrected chi connectivity index (χ0v) is 12.8. The van der Waals surface area contributed by atoms with E-state index >= 15 is 0 Å². The van der Waals surface area contributed by atoms with Crippen molar-refractivity contribution in [3.8, 4) is 11.5 Å². The Balaban J connectivity index is 2.23. The Bertz CT molecular complexity index is 647. The van der Waals surface area contributed by atoms with Crippen LogP contribution in [-0.4, -0.2) is 20.9 Å². The van der Waals surface area contributed by atoms with Crippen molar-refractivity contribution in [2.45, 2.75) is 27.2 Å². The molecule has 2 aromatic heterocycles. The number of Topliss-reactive ketones (excluding diaryl/α,β-unsaturated/α-hetero) is 1. The first kappa shape index (κ1) is 14.9. The van der Waals surface area contributed by atoms with E-state index in [-0.39, 0.29) is 23.9 Å². The molecule has 0 amide bonds. The van der Waals surface area contributed by atoms with Crippen LogP contribution in [0.25, 0.3) is 11.5 Å². The summed E-state index contributed by atoms with van der Waals surface area (Å²) < 4.78 is 5.06. The summed E-state index contributed by atoms with van der Waals surface area (Å²) in [7, 11) is 0. The number of nitrogens with zero attached hydrogens (tertiary/aromatic N) is 3. The Labute approximate surface area is 126 Å². The van der Waals surface area contributed by atoms with Gasteiger partial charge >= 0.3 is 0 Å². The summed E-state index contributed by atoms with van der Waals surface area (Å²) >= 11 is 11.8. The molecular weight excluding hydrogens is 301 g/mol. The van der Waals surface area contributed by atoms with Crippen molar-refractivity contribution < 1.29 is 9.32 Å². The molecule has 2 aromatic rings. The zero-order valence-electron chi connectivity index (χ0n) is 11.3. The summed E-state index contributed by atoms with van der Waals surface area (Å²) in [6.07, 6.45) is 1.53. The van der Waals surface area contributed by atoms with Crippen molar-refractivity contribution in [3.63, 3.8) is 0 Å². The van der Waals surface area contributed by atoms with Crippen molar-refractivity contribution >= 4 is 29.0 Å². The molecule has 2 heterocycles. The Morgan fingerprint density at radius 3 is 2.65 bits per heavy atom. The van der Waals surface area contributed by atoms with Crippen LogP contribution in [0.5, 0.6) is 0 Å². The van der Waals surface area contributed by atoms with Gasteiger partial charge in [0.05, 0.1) is 16.5 Å². The molecule has 0 fully saturated rings. The lowest BCUT2D eigenvalue weighted by atomic mass is 9.89. The van der Waals surface area contributed by atoms with Gasteiger partial charge in [-0.2, -0.15) is 4.98 Å². The van der Waals surface area contributed by atoms with Crippen molar-refractivity contribution in [1.82, 2.24) is 15.1 Å². The highest BCUT2D eigenvalue weighted by Gasteiger charge is 2.24. The van der Waals surface area contributed by atoms with Crippen LogP contribution in [0.4, 0.5) is 0 Å². The first-order valence-electron chi connectivity index (χ1n) is 5.94. The van der Waals surface area contributed by atoms with E-state index in [2.05, 4.69) is 15.1 Å². The topological polar surface area (TPSA) is 68.9 Å². The van der Waals surface area contributed by atoms with Crippen molar-refractivity contribution in [2.75, 3.05) is 0 Å². The molecular formula is C13H13Cl2N3O2. The van der Waals surface area contributed by atoms with E-state index in [4.69, 9.17) is 27.7 Å². The van der Waals surface area contributed by atoms with E-state index < -0.39 is 5.41 Å². The van der Waals surface area contributed by atoms with Gasteiger partial charge in [-0.1, -0.05) is 49.1 Å². The Kier molecular flexibility index (Phi) is 4.11. The van der Waals surface area contributed by atoms with E-state index in [1.54, 1.807) is 6.07 Å². The molecule has 0 bridgehead atoms. The van der Waals surface area contributed by atoms with Crippen molar-refractivity contribution in [2.24, 2.45) is 5.41 Å². The summed E-state index contributed by atoms with van der Waals surface area (Å²) in [5, 5.41) is 4.53. The number of aromatic nitrogens is 3. The van der Waals surface area contributed by atoms with Gasteiger partial charge in [-0.05, 0) is 6.07 Å². The molecule has 5 nitrogen and oxygen atoms in total. The van der Waals surface area contributed by atoms with Gasteiger partial charge in [0.25, 0.3) is 0 Å². The molecule has 106 valence electrons. The number of hydrogen-bond donors (Lipinski definition) is 0. The van der Waals surface area contributed by atoms with Crippen LogP contribution in [-0.2, 0) is 11.2 Å². The second-order valence-electron chi connectivity index (χ2n) is 5.35. The minimum atomic E-state index is -0.454. The van der Waals surface area contributed by atoms with Crippen LogP contribution < -0.4 is 0 Å². The fourth-order valence-corrected chi connectivity index (χ4v) is 1.87. The monoisotopic (exact) mass is 313 g/mol. The molecule has 0 saturated carbocycles. The molecule has 20 heavy (non-hydrogen) atoms. The summed E-state index contributed by atoms with van der Waals surface area (Å²) in [5.41, 5.74) is -0.0839. The maximum absolute atomic E-state index is 11.9. The molecule has 0 atom stereocenters. The first-order valence-corrected chi connectivity index (χ1v) is 6.70. The van der Waals surface area contributed by atoms with Crippen LogP contribution in [0.3, 0.4) is 0 Å². The molecule has 0 unspecified atom stereocenters. The standard InChI is InChI=1S/C13H13Cl2N3O2/c1-13(2,3)9(19)5-10-17-12(18-20-10)11-8(15)4-7(14)6-16-11/h4,6H,5H2,1-3H3. The Morgan fingerprint density at radius 1 is 1.35 bits per heavy atom.